The van der Waals surface area contributed by atoms with E-state index in [1.54, 1.807) is 11.8 Å². The van der Waals surface area contributed by atoms with Gasteiger partial charge in [-0.25, -0.2) is 19.6 Å². The first-order valence-corrected chi connectivity index (χ1v) is 20.6. The summed E-state index contributed by atoms with van der Waals surface area (Å²) in [5, 5.41) is 9.40. The SMILES string of the molecule is CC[C@@H](c1nc2c(ccc3cc(-c4ccc5c(ccc6[nH]c([C@@H]7CCCN7C(=O)[C@@H](NC(=O)OC)C(C)C)nc65)c4)ccc32)[nH]1)N(CC)C(=O)[C@@H](NC(=O)OC)[C@@H](C)OC. The molecule has 0 aliphatic carbocycles. The van der Waals surface area contributed by atoms with Gasteiger partial charge in [0.25, 0.3) is 0 Å². The van der Waals surface area contributed by atoms with E-state index in [2.05, 4.69) is 69.1 Å². The van der Waals surface area contributed by atoms with Crippen molar-refractivity contribution >= 4 is 67.6 Å². The van der Waals surface area contributed by atoms with Gasteiger partial charge in [0, 0.05) is 31.0 Å². The van der Waals surface area contributed by atoms with E-state index >= 15 is 0 Å². The van der Waals surface area contributed by atoms with Crippen LogP contribution in [-0.2, 0) is 23.8 Å². The van der Waals surface area contributed by atoms with Gasteiger partial charge in [-0.15, -0.1) is 0 Å². The van der Waals surface area contributed by atoms with Crippen LogP contribution in [-0.4, -0.2) is 106 Å². The number of ether oxygens (including phenoxy) is 3. The molecule has 1 saturated heterocycles. The molecule has 1 fully saturated rings. The van der Waals surface area contributed by atoms with Crippen molar-refractivity contribution in [2.45, 2.75) is 84.2 Å². The summed E-state index contributed by atoms with van der Waals surface area (Å²) >= 11 is 0. The summed E-state index contributed by atoms with van der Waals surface area (Å²) < 4.78 is 15.0. The Labute approximate surface area is 348 Å². The second-order valence-electron chi connectivity index (χ2n) is 15.7. The van der Waals surface area contributed by atoms with Crippen molar-refractivity contribution in [3.63, 3.8) is 0 Å². The van der Waals surface area contributed by atoms with Crippen LogP contribution in [0.15, 0.2) is 60.7 Å². The molecule has 4 N–H and O–H groups in total. The Balaban J connectivity index is 1.15. The minimum absolute atomic E-state index is 0.119. The van der Waals surface area contributed by atoms with Crippen LogP contribution in [0, 0.1) is 5.92 Å². The number of benzene rings is 4. The maximum absolute atomic E-state index is 13.9. The number of nitrogens with zero attached hydrogens (tertiary/aromatic N) is 4. The van der Waals surface area contributed by atoms with E-state index < -0.39 is 30.4 Å². The minimum Gasteiger partial charge on any atom is -0.453 e. The van der Waals surface area contributed by atoms with Crippen LogP contribution in [0.2, 0.25) is 0 Å². The molecular weight excluding hydrogens is 765 g/mol. The van der Waals surface area contributed by atoms with Crippen molar-refractivity contribution in [2.24, 2.45) is 5.92 Å². The van der Waals surface area contributed by atoms with Crippen LogP contribution in [0.1, 0.15) is 77.6 Å². The van der Waals surface area contributed by atoms with Gasteiger partial charge in [0.1, 0.15) is 23.7 Å². The quantitative estimate of drug-likeness (QED) is 0.0916. The molecule has 0 bridgehead atoms. The fourth-order valence-corrected chi connectivity index (χ4v) is 8.48. The van der Waals surface area contributed by atoms with Crippen LogP contribution in [0.4, 0.5) is 9.59 Å². The molecule has 316 valence electrons. The molecule has 4 aromatic carbocycles. The van der Waals surface area contributed by atoms with Crippen LogP contribution >= 0.6 is 0 Å². The number of carbonyl (C=O) groups excluding carboxylic acids is 4. The largest absolute Gasteiger partial charge is 0.453 e. The van der Waals surface area contributed by atoms with Gasteiger partial charge in [-0.3, -0.25) is 9.59 Å². The van der Waals surface area contributed by atoms with Gasteiger partial charge >= 0.3 is 12.2 Å². The number of nitrogens with one attached hydrogen (secondary N) is 4. The van der Waals surface area contributed by atoms with Gasteiger partial charge in [-0.2, -0.15) is 0 Å². The zero-order chi connectivity index (χ0) is 42.8. The fourth-order valence-electron chi connectivity index (χ4n) is 8.48. The van der Waals surface area contributed by atoms with Gasteiger partial charge in [-0.05, 0) is 85.2 Å². The topological polar surface area (TPSA) is 184 Å². The van der Waals surface area contributed by atoms with E-state index in [1.165, 1.54) is 21.3 Å². The van der Waals surface area contributed by atoms with Gasteiger partial charge in [-0.1, -0.05) is 57.2 Å². The highest BCUT2D eigenvalue weighted by atomic mass is 16.5. The number of hydrogen-bond donors (Lipinski definition) is 4. The van der Waals surface area contributed by atoms with Crippen molar-refractivity contribution in [1.29, 1.82) is 0 Å². The molecule has 1 aliphatic heterocycles. The number of hydrogen-bond acceptors (Lipinski definition) is 9. The zero-order valence-corrected chi connectivity index (χ0v) is 35.4. The number of amides is 4. The average Bonchev–Trinajstić information content (AvgIpc) is 4.04. The third kappa shape index (κ3) is 7.93. The van der Waals surface area contributed by atoms with Gasteiger partial charge < -0.3 is 44.6 Å². The Morgan fingerprint density at radius 3 is 1.93 bits per heavy atom. The third-order valence-corrected chi connectivity index (χ3v) is 11.8. The Bertz CT molecular complexity index is 2570. The molecule has 1 aliphatic rings. The fraction of sp³-hybridized carbons (Fsp3) is 0.422. The maximum Gasteiger partial charge on any atom is 0.407 e. The van der Waals surface area contributed by atoms with Crippen molar-refractivity contribution < 1.29 is 33.4 Å². The summed E-state index contributed by atoms with van der Waals surface area (Å²) in [4.78, 5) is 72.5. The lowest BCUT2D eigenvalue weighted by Crippen LogP contribution is -2.54. The molecule has 2 aromatic heterocycles. The summed E-state index contributed by atoms with van der Waals surface area (Å²) in [5.41, 5.74) is 5.50. The van der Waals surface area contributed by atoms with E-state index in [-0.39, 0.29) is 29.8 Å². The lowest BCUT2D eigenvalue weighted by Gasteiger charge is -2.33. The molecule has 0 saturated carbocycles. The predicted molar refractivity (Wildman–Crippen MR) is 230 cm³/mol. The van der Waals surface area contributed by atoms with E-state index in [9.17, 15) is 19.2 Å². The van der Waals surface area contributed by atoms with Gasteiger partial charge in [0.05, 0.1) is 54.5 Å². The Morgan fingerprint density at radius 1 is 0.800 bits per heavy atom. The smallest absolute Gasteiger partial charge is 0.407 e. The Morgan fingerprint density at radius 2 is 1.38 bits per heavy atom. The number of aromatic nitrogens is 4. The zero-order valence-electron chi connectivity index (χ0n) is 35.4. The molecular formula is C45H54N8O7. The summed E-state index contributed by atoms with van der Waals surface area (Å²) in [7, 11) is 4.05. The molecule has 7 rings (SSSR count). The normalized spacial score (nSPS) is 16.3. The lowest BCUT2D eigenvalue weighted by molar-refractivity contribution is -0.139. The van der Waals surface area contributed by atoms with Gasteiger partial charge in [0.15, 0.2) is 0 Å². The molecule has 6 aromatic rings. The second kappa shape index (κ2) is 17.6. The molecule has 5 atom stereocenters. The lowest BCUT2D eigenvalue weighted by atomic mass is 9.98. The molecule has 15 nitrogen and oxygen atoms in total. The monoisotopic (exact) mass is 818 g/mol. The van der Waals surface area contributed by atoms with E-state index in [0.717, 1.165) is 73.4 Å². The minimum atomic E-state index is -0.944. The highest BCUT2D eigenvalue weighted by Gasteiger charge is 2.38. The molecule has 3 heterocycles. The van der Waals surface area contributed by atoms with E-state index in [0.29, 0.717) is 25.3 Å². The van der Waals surface area contributed by atoms with Crippen molar-refractivity contribution in [1.82, 2.24) is 40.4 Å². The standard InChI is InChI=1S/C45H54N8O7/c1-9-34(52(10-2)43(55)37(25(5)58-6)51-45(57)60-8)40-46-32-19-15-28-22-26(13-17-30(28)38(32)48-40)27-14-18-31-29(23-27)16-20-33-39(31)49-41(47-33)35-12-11-21-53(35)42(54)36(24(3)4)50-44(56)59-7/h13-20,22-25,34-37H,9-12,21H2,1-8H3,(H,46,48)(H,47,49)(H,50,56)(H,51,57)/t25-,34+,35+,36+,37+/m1/s1. The van der Waals surface area contributed by atoms with Crippen LogP contribution < -0.4 is 10.6 Å². The van der Waals surface area contributed by atoms with E-state index in [4.69, 9.17) is 24.2 Å². The molecule has 4 amide bonds. The molecule has 0 spiro atoms. The predicted octanol–water partition coefficient (Wildman–Crippen LogP) is 7.52. The van der Waals surface area contributed by atoms with E-state index in [1.807, 2.05) is 44.7 Å². The Hall–Kier alpha value is -6.22. The molecule has 0 radical (unpaired) electrons. The number of rotatable bonds is 13. The number of methoxy groups -OCH3 is 3. The first-order valence-electron chi connectivity index (χ1n) is 20.6. The highest BCUT2D eigenvalue weighted by Crippen LogP contribution is 2.36. The first-order chi connectivity index (χ1) is 28.9. The average molecular weight is 819 g/mol. The van der Waals surface area contributed by atoms with Crippen molar-refractivity contribution in [3.8, 4) is 11.1 Å². The first kappa shape index (κ1) is 41.9. The third-order valence-electron chi connectivity index (χ3n) is 11.8. The van der Waals surface area contributed by atoms with Gasteiger partial charge in [0.2, 0.25) is 11.8 Å². The number of fused-ring (bicyclic) bond motifs is 6. The number of H-pyrrole nitrogens is 2. The summed E-state index contributed by atoms with van der Waals surface area (Å²) in [6, 6.07) is 18.7. The number of alkyl carbamates (subject to hydrolysis) is 2. The van der Waals surface area contributed by atoms with Crippen LogP contribution in [0.25, 0.3) is 54.7 Å². The molecule has 15 heteroatoms. The van der Waals surface area contributed by atoms with Crippen molar-refractivity contribution in [2.75, 3.05) is 34.4 Å². The maximum atomic E-state index is 13.9. The molecule has 0 unspecified atom stereocenters. The van der Waals surface area contributed by atoms with Crippen LogP contribution in [0.5, 0.6) is 0 Å². The van der Waals surface area contributed by atoms with Crippen molar-refractivity contribution in [3.05, 3.63) is 72.3 Å². The molecule has 60 heavy (non-hydrogen) atoms. The summed E-state index contributed by atoms with van der Waals surface area (Å²) in [5.74, 6) is 0.837. The highest BCUT2D eigenvalue weighted by molar-refractivity contribution is 6.07. The number of imidazole rings is 2. The number of carbonyl (C=O) groups is 4. The Kier molecular flexibility index (Phi) is 12.3. The number of likely N-dealkylation sites (N-methyl/N-ethyl adjacent to an activating group) is 1. The van der Waals surface area contributed by atoms with Crippen LogP contribution in [0.3, 0.4) is 0 Å². The number of likely N-dealkylation sites (tertiary alicyclic amines) is 1. The summed E-state index contributed by atoms with van der Waals surface area (Å²) in [6.45, 7) is 10.4. The number of aromatic amines is 2. The second-order valence-corrected chi connectivity index (χ2v) is 15.7. The summed E-state index contributed by atoms with van der Waals surface area (Å²) in [6.07, 6.45) is 0.272.